The molecule has 0 bridgehead atoms. The SMILES string of the molecule is CCCn1ccnc1SC(C)C(=O)Nc1ccc(C(N)=O)cc1. The van der Waals surface area contributed by atoms with Crippen LogP contribution in [0.15, 0.2) is 41.8 Å². The molecular formula is C16H20N4O2S. The van der Waals surface area contributed by atoms with E-state index in [-0.39, 0.29) is 11.2 Å². The first-order valence-corrected chi connectivity index (χ1v) is 8.27. The summed E-state index contributed by atoms with van der Waals surface area (Å²) in [7, 11) is 0. The molecule has 7 heteroatoms. The summed E-state index contributed by atoms with van der Waals surface area (Å²) in [6, 6.07) is 6.49. The molecule has 1 unspecified atom stereocenters. The number of hydrogen-bond donors (Lipinski definition) is 2. The first-order chi connectivity index (χ1) is 11.0. The van der Waals surface area contributed by atoms with Gasteiger partial charge in [-0.15, -0.1) is 0 Å². The second kappa shape index (κ2) is 7.82. The summed E-state index contributed by atoms with van der Waals surface area (Å²) in [5.41, 5.74) is 6.23. The lowest BCUT2D eigenvalue weighted by Gasteiger charge is -2.13. The fourth-order valence-corrected chi connectivity index (χ4v) is 2.89. The topological polar surface area (TPSA) is 90.0 Å². The summed E-state index contributed by atoms with van der Waals surface area (Å²) in [5, 5.41) is 3.37. The van der Waals surface area contributed by atoms with Crippen LogP contribution >= 0.6 is 11.8 Å². The largest absolute Gasteiger partial charge is 0.366 e. The Bertz CT molecular complexity index is 682. The number of hydrogen-bond acceptors (Lipinski definition) is 4. The van der Waals surface area contributed by atoms with Crippen molar-refractivity contribution in [2.24, 2.45) is 5.73 Å². The van der Waals surface area contributed by atoms with Gasteiger partial charge in [0.2, 0.25) is 11.8 Å². The van der Waals surface area contributed by atoms with Gasteiger partial charge in [0.1, 0.15) is 0 Å². The van der Waals surface area contributed by atoms with Crippen molar-refractivity contribution in [2.45, 2.75) is 37.2 Å². The third-order valence-corrected chi connectivity index (χ3v) is 4.35. The lowest BCUT2D eigenvalue weighted by molar-refractivity contribution is -0.115. The minimum atomic E-state index is -0.491. The summed E-state index contributed by atoms with van der Waals surface area (Å²) in [6.07, 6.45) is 4.67. The molecule has 0 saturated carbocycles. The van der Waals surface area contributed by atoms with Crippen LogP contribution in [0.2, 0.25) is 0 Å². The van der Waals surface area contributed by atoms with Crippen molar-refractivity contribution in [3.63, 3.8) is 0 Å². The Balaban J connectivity index is 1.96. The number of amides is 2. The number of rotatable bonds is 7. The van der Waals surface area contributed by atoms with Crippen LogP contribution in [0, 0.1) is 0 Å². The van der Waals surface area contributed by atoms with Gasteiger partial charge in [0, 0.05) is 30.2 Å². The van der Waals surface area contributed by atoms with E-state index in [4.69, 9.17) is 5.73 Å². The number of aromatic nitrogens is 2. The van der Waals surface area contributed by atoms with Crippen molar-refractivity contribution in [1.82, 2.24) is 9.55 Å². The van der Waals surface area contributed by atoms with Crippen LogP contribution in [0.4, 0.5) is 5.69 Å². The van der Waals surface area contributed by atoms with Gasteiger partial charge in [-0.25, -0.2) is 4.98 Å². The van der Waals surface area contributed by atoms with Gasteiger partial charge in [-0.2, -0.15) is 0 Å². The molecule has 3 N–H and O–H groups in total. The highest BCUT2D eigenvalue weighted by Crippen LogP contribution is 2.23. The molecule has 2 aromatic rings. The average Bonchev–Trinajstić information content (AvgIpc) is 2.95. The molecule has 0 fully saturated rings. The van der Waals surface area contributed by atoms with Gasteiger partial charge in [0.15, 0.2) is 5.16 Å². The fourth-order valence-electron chi connectivity index (χ4n) is 2.00. The Kier molecular flexibility index (Phi) is 5.81. The summed E-state index contributed by atoms with van der Waals surface area (Å²) in [6.45, 7) is 4.81. The summed E-state index contributed by atoms with van der Waals surface area (Å²) >= 11 is 1.42. The molecule has 122 valence electrons. The van der Waals surface area contributed by atoms with E-state index in [1.807, 2.05) is 17.7 Å². The normalized spacial score (nSPS) is 11.9. The van der Waals surface area contributed by atoms with Crippen LogP contribution < -0.4 is 11.1 Å². The molecule has 0 saturated heterocycles. The maximum atomic E-state index is 12.3. The van der Waals surface area contributed by atoms with E-state index < -0.39 is 5.91 Å². The van der Waals surface area contributed by atoms with Crippen molar-refractivity contribution >= 4 is 29.3 Å². The number of carbonyl (C=O) groups is 2. The van der Waals surface area contributed by atoms with Crippen LogP contribution in [0.3, 0.4) is 0 Å². The number of nitrogens with one attached hydrogen (secondary N) is 1. The summed E-state index contributed by atoms with van der Waals surface area (Å²) < 4.78 is 2.04. The summed E-state index contributed by atoms with van der Waals surface area (Å²) in [4.78, 5) is 27.6. The van der Waals surface area contributed by atoms with Crippen LogP contribution in [-0.4, -0.2) is 26.6 Å². The second-order valence-corrected chi connectivity index (χ2v) is 6.40. The Labute approximate surface area is 139 Å². The molecular weight excluding hydrogens is 312 g/mol. The van der Waals surface area contributed by atoms with E-state index in [1.54, 1.807) is 30.5 Å². The van der Waals surface area contributed by atoms with E-state index >= 15 is 0 Å². The van der Waals surface area contributed by atoms with E-state index in [2.05, 4.69) is 17.2 Å². The van der Waals surface area contributed by atoms with Crippen molar-refractivity contribution in [2.75, 3.05) is 5.32 Å². The molecule has 0 aliphatic heterocycles. The average molecular weight is 332 g/mol. The maximum absolute atomic E-state index is 12.3. The van der Waals surface area contributed by atoms with Gasteiger partial charge in [0.25, 0.3) is 0 Å². The number of carbonyl (C=O) groups excluding carboxylic acids is 2. The van der Waals surface area contributed by atoms with Crippen molar-refractivity contribution in [1.29, 1.82) is 0 Å². The first-order valence-electron chi connectivity index (χ1n) is 7.39. The van der Waals surface area contributed by atoms with Gasteiger partial charge in [0.05, 0.1) is 5.25 Å². The van der Waals surface area contributed by atoms with Crippen molar-refractivity contribution < 1.29 is 9.59 Å². The van der Waals surface area contributed by atoms with E-state index in [9.17, 15) is 9.59 Å². The van der Waals surface area contributed by atoms with E-state index in [0.29, 0.717) is 11.3 Å². The number of nitrogens with two attached hydrogens (primary N) is 1. The highest BCUT2D eigenvalue weighted by atomic mass is 32.2. The van der Waals surface area contributed by atoms with Gasteiger partial charge in [-0.3, -0.25) is 9.59 Å². The molecule has 1 atom stereocenters. The molecule has 1 aromatic heterocycles. The van der Waals surface area contributed by atoms with Gasteiger partial charge in [-0.05, 0) is 37.6 Å². The van der Waals surface area contributed by atoms with Crippen LogP contribution in [0.25, 0.3) is 0 Å². The van der Waals surface area contributed by atoms with Crippen LogP contribution in [0.5, 0.6) is 0 Å². The predicted molar refractivity (Wildman–Crippen MR) is 91.4 cm³/mol. The Morgan fingerprint density at radius 2 is 2.04 bits per heavy atom. The number of thioether (sulfide) groups is 1. The lowest BCUT2D eigenvalue weighted by atomic mass is 10.2. The molecule has 23 heavy (non-hydrogen) atoms. The predicted octanol–water partition coefficient (Wildman–Crippen LogP) is 2.51. The third-order valence-electron chi connectivity index (χ3n) is 3.23. The van der Waals surface area contributed by atoms with Gasteiger partial charge < -0.3 is 15.6 Å². The van der Waals surface area contributed by atoms with Crippen molar-refractivity contribution in [3.8, 4) is 0 Å². The zero-order chi connectivity index (χ0) is 16.8. The Morgan fingerprint density at radius 1 is 1.35 bits per heavy atom. The molecule has 0 aliphatic rings. The van der Waals surface area contributed by atoms with Crippen LogP contribution in [-0.2, 0) is 11.3 Å². The van der Waals surface area contributed by atoms with E-state index in [1.165, 1.54) is 11.8 Å². The number of imidazole rings is 1. The minimum absolute atomic E-state index is 0.118. The fraction of sp³-hybridized carbons (Fsp3) is 0.312. The molecule has 1 heterocycles. The molecule has 1 aromatic carbocycles. The molecule has 0 aliphatic carbocycles. The summed E-state index contributed by atoms with van der Waals surface area (Å²) in [5.74, 6) is -0.609. The smallest absolute Gasteiger partial charge is 0.248 e. The maximum Gasteiger partial charge on any atom is 0.248 e. The third kappa shape index (κ3) is 4.59. The van der Waals surface area contributed by atoms with E-state index in [0.717, 1.165) is 18.1 Å². The first kappa shape index (κ1) is 17.1. The number of nitrogens with zero attached hydrogens (tertiary/aromatic N) is 2. The van der Waals surface area contributed by atoms with Gasteiger partial charge in [-0.1, -0.05) is 18.7 Å². The number of aryl methyl sites for hydroxylation is 1. The molecule has 0 radical (unpaired) electrons. The van der Waals surface area contributed by atoms with Crippen LogP contribution in [0.1, 0.15) is 30.6 Å². The zero-order valence-electron chi connectivity index (χ0n) is 13.2. The highest BCUT2D eigenvalue weighted by Gasteiger charge is 2.17. The monoisotopic (exact) mass is 332 g/mol. The minimum Gasteiger partial charge on any atom is -0.366 e. The van der Waals surface area contributed by atoms with Gasteiger partial charge >= 0.3 is 0 Å². The molecule has 0 spiro atoms. The molecule has 2 rings (SSSR count). The zero-order valence-corrected chi connectivity index (χ0v) is 14.0. The quantitative estimate of drug-likeness (QED) is 0.762. The Hall–Kier alpha value is -2.28. The second-order valence-electron chi connectivity index (χ2n) is 5.09. The lowest BCUT2D eigenvalue weighted by Crippen LogP contribution is -2.23. The number of benzene rings is 1. The van der Waals surface area contributed by atoms with Crippen molar-refractivity contribution in [3.05, 3.63) is 42.2 Å². The molecule has 2 amide bonds. The highest BCUT2D eigenvalue weighted by molar-refractivity contribution is 8.00. The number of anilines is 1. The Morgan fingerprint density at radius 3 is 2.65 bits per heavy atom. The molecule has 6 nitrogen and oxygen atoms in total. The standard InChI is InChI=1S/C16H20N4O2S/c1-3-9-20-10-8-18-16(20)23-11(2)15(22)19-13-6-4-12(5-7-13)14(17)21/h4-8,10-11H,3,9H2,1-2H3,(H2,17,21)(H,19,22). The number of primary amides is 1.